The fourth-order valence-electron chi connectivity index (χ4n) is 4.78. The summed E-state index contributed by atoms with van der Waals surface area (Å²) in [5.74, 6) is -2.49. The van der Waals surface area contributed by atoms with Gasteiger partial charge in [-0.1, -0.05) is 73.3 Å². The van der Waals surface area contributed by atoms with Gasteiger partial charge in [-0.25, -0.2) is 13.2 Å². The lowest BCUT2D eigenvalue weighted by atomic mass is 10.1. The molecule has 0 amide bonds. The van der Waals surface area contributed by atoms with E-state index >= 15 is 8.78 Å². The second-order valence-electron chi connectivity index (χ2n) is 10.8. The molecule has 0 heterocycles. The molecule has 50 heavy (non-hydrogen) atoms. The lowest BCUT2D eigenvalue weighted by Gasteiger charge is -2.40. The predicted molar refractivity (Wildman–Crippen MR) is 176 cm³/mol. The largest absolute Gasteiger partial charge is 0.441 e. The fourth-order valence-corrected chi connectivity index (χ4v) is 10.0. The van der Waals surface area contributed by atoms with Crippen LogP contribution in [0.1, 0.15) is 17.3 Å². The minimum atomic E-state index is -6.57. The van der Waals surface area contributed by atoms with Gasteiger partial charge in [0.15, 0.2) is 0 Å². The average molecular weight is 731 g/mol. The maximum absolute atomic E-state index is 16.0. The van der Waals surface area contributed by atoms with Gasteiger partial charge in [0.2, 0.25) is 0 Å². The van der Waals surface area contributed by atoms with Gasteiger partial charge in [0.05, 0.1) is 5.56 Å². The molecule has 1 atom stereocenters. The van der Waals surface area contributed by atoms with Crippen molar-refractivity contribution in [1.82, 2.24) is 0 Å². The van der Waals surface area contributed by atoms with Crippen LogP contribution in [0.25, 0.3) is 10.8 Å². The Morgan fingerprint density at radius 1 is 0.680 bits per heavy atom. The summed E-state index contributed by atoms with van der Waals surface area (Å²) in [4.78, 5) is 25.1. The van der Waals surface area contributed by atoms with Crippen LogP contribution in [0.5, 0.6) is 5.75 Å². The summed E-state index contributed by atoms with van der Waals surface area (Å²) in [5.41, 5.74) is -0.468. The highest BCUT2D eigenvalue weighted by molar-refractivity contribution is 8.33. The molecule has 5 rings (SSSR count). The molecule has 0 aromatic heterocycles. The van der Waals surface area contributed by atoms with Crippen molar-refractivity contribution in [1.29, 1.82) is 0 Å². The van der Waals surface area contributed by atoms with Gasteiger partial charge >= 0.3 is 33.5 Å². The molecule has 14 heteroatoms. The van der Waals surface area contributed by atoms with Gasteiger partial charge in [-0.2, -0.15) is 30.4 Å². The summed E-state index contributed by atoms with van der Waals surface area (Å²) in [5, 5.41) is -5.23. The first kappa shape index (κ1) is 36.2. The molecule has 260 valence electrons. The Morgan fingerprint density at radius 3 is 1.60 bits per heavy atom. The molecule has 0 aliphatic rings. The number of hydrogen-bond acceptors (Lipinski definition) is 7. The summed E-state index contributed by atoms with van der Waals surface area (Å²) in [7, 11) is -10.3. The molecule has 0 saturated heterocycles. The number of rotatable bonds is 11. The van der Waals surface area contributed by atoms with Crippen molar-refractivity contribution in [2.45, 2.75) is 39.1 Å². The smallest absolute Gasteiger partial charge is 0.432 e. The summed E-state index contributed by atoms with van der Waals surface area (Å²) in [6.07, 6.45) is -10.5. The number of hydrogen-bond donors (Lipinski definition) is 0. The molecular weight excluding hydrogens is 704 g/mol. The zero-order valence-electron chi connectivity index (χ0n) is 26.0. The normalized spacial score (nSPS) is 13.3. The van der Waals surface area contributed by atoms with Crippen LogP contribution in [0.2, 0.25) is 0 Å². The number of carbonyl (C=O) groups is 2. The molecule has 0 bridgehead atoms. The van der Waals surface area contributed by atoms with Crippen molar-refractivity contribution in [3.63, 3.8) is 0 Å². The molecule has 0 aliphatic heterocycles. The van der Waals surface area contributed by atoms with Crippen LogP contribution in [0.4, 0.5) is 22.0 Å². The van der Waals surface area contributed by atoms with Gasteiger partial charge in [-0.15, -0.1) is 0 Å². The van der Waals surface area contributed by atoms with E-state index in [9.17, 15) is 31.2 Å². The second-order valence-corrected chi connectivity index (χ2v) is 15.3. The van der Waals surface area contributed by atoms with Crippen LogP contribution < -0.4 is 4.74 Å². The molecule has 0 fully saturated rings. The van der Waals surface area contributed by atoms with Crippen molar-refractivity contribution in [3.05, 3.63) is 145 Å². The van der Waals surface area contributed by atoms with E-state index in [0.717, 1.165) is 12.1 Å². The van der Waals surface area contributed by atoms with Gasteiger partial charge in [0.25, 0.3) is 6.10 Å². The number of benzene rings is 5. The molecule has 0 spiro atoms. The van der Waals surface area contributed by atoms with Crippen molar-refractivity contribution < 1.29 is 53.1 Å². The topological polar surface area (TPSA) is 96.0 Å². The van der Waals surface area contributed by atoms with E-state index < -0.39 is 55.5 Å². The Hall–Kier alpha value is -5.05. The Kier molecular flexibility index (Phi) is 10.2. The highest BCUT2D eigenvalue weighted by Crippen LogP contribution is 2.70. The first-order valence-corrected chi connectivity index (χ1v) is 17.5. The molecule has 0 radical (unpaired) electrons. The molecule has 7 nitrogen and oxygen atoms in total. The number of esters is 2. The lowest BCUT2D eigenvalue weighted by molar-refractivity contribution is -0.247. The first-order chi connectivity index (χ1) is 23.6. The van der Waals surface area contributed by atoms with Gasteiger partial charge in [0.1, 0.15) is 5.75 Å². The Morgan fingerprint density at radius 2 is 1.14 bits per heavy atom. The maximum atomic E-state index is 16.0. The van der Waals surface area contributed by atoms with Gasteiger partial charge in [-0.05, 0) is 88.7 Å². The quantitative estimate of drug-likeness (QED) is 0.0579. The molecule has 1 unspecified atom stereocenters. The zero-order chi connectivity index (χ0) is 36.3. The van der Waals surface area contributed by atoms with Crippen LogP contribution in [-0.2, 0) is 23.3 Å². The zero-order valence-corrected chi connectivity index (χ0v) is 27.6. The van der Waals surface area contributed by atoms with Crippen LogP contribution in [0, 0.1) is 0 Å². The third-order valence-electron chi connectivity index (χ3n) is 7.18. The number of halogens is 5. The third kappa shape index (κ3) is 7.27. The second kappa shape index (κ2) is 14.1. The van der Waals surface area contributed by atoms with Crippen LogP contribution in [0.3, 0.4) is 0 Å². The van der Waals surface area contributed by atoms with E-state index in [0.29, 0.717) is 5.39 Å². The van der Waals surface area contributed by atoms with E-state index in [1.165, 1.54) is 104 Å². The van der Waals surface area contributed by atoms with Crippen molar-refractivity contribution >= 4 is 43.1 Å². The average Bonchev–Trinajstić information content (AvgIpc) is 3.09. The molecule has 0 aliphatic carbocycles. The van der Waals surface area contributed by atoms with Gasteiger partial charge in [-0.3, -0.25) is 0 Å². The highest BCUT2D eigenvalue weighted by atomic mass is 32.3. The van der Waals surface area contributed by atoms with Gasteiger partial charge < -0.3 is 9.47 Å². The SMILES string of the molecule is C=C(C)C(=O)Oc1ccc2cc(C(=O)OC(C(F)(F)F)C(F)(F)S(=O)(=O)OS(c3ccccc3)(c3ccccc3)c3ccccc3)ccc2c1. The summed E-state index contributed by atoms with van der Waals surface area (Å²) >= 11 is 0. The first-order valence-electron chi connectivity index (χ1n) is 14.6. The third-order valence-corrected chi connectivity index (χ3v) is 12.4. The van der Waals surface area contributed by atoms with E-state index in [-0.39, 0.29) is 31.4 Å². The minimum absolute atomic E-state index is 0.0889. The maximum Gasteiger partial charge on any atom is 0.432 e. The Labute approximate surface area is 285 Å². The molecule has 5 aromatic carbocycles. The molecule has 0 N–H and O–H groups in total. The van der Waals surface area contributed by atoms with Gasteiger partial charge in [0, 0.05) is 20.3 Å². The van der Waals surface area contributed by atoms with E-state index in [1.54, 1.807) is 18.2 Å². The van der Waals surface area contributed by atoms with Crippen molar-refractivity contribution in [2.75, 3.05) is 0 Å². The number of alkyl halides is 5. The summed E-state index contributed by atoms with van der Waals surface area (Å²) in [6.45, 7) is 4.91. The van der Waals surface area contributed by atoms with Crippen LogP contribution in [0.15, 0.2) is 154 Å². The van der Waals surface area contributed by atoms with E-state index in [2.05, 4.69) is 11.3 Å². The predicted octanol–water partition coefficient (Wildman–Crippen LogP) is 9.25. The number of carbonyl (C=O) groups excluding carboxylic acids is 2. The molecular formula is C36H27F5O7S2. The van der Waals surface area contributed by atoms with Crippen LogP contribution in [-0.4, -0.2) is 37.9 Å². The van der Waals surface area contributed by atoms with E-state index in [1.807, 2.05) is 0 Å². The molecule has 5 aromatic rings. The van der Waals surface area contributed by atoms with E-state index in [4.69, 9.17) is 8.37 Å². The standard InChI is InChI=1S/C36H27F5O7S2/c1-24(2)32(42)46-28-21-20-25-22-27(19-18-26(25)23-28)33(43)47-34(35(37,38)39)36(40,41)50(44,45)48-49(29-12-6-3-7-13-29,30-14-8-4-9-15-30)31-16-10-5-11-17-31/h3-23,34H,1H2,2H3. The fraction of sp³-hybridized carbons (Fsp3) is 0.111. The summed E-state index contributed by atoms with van der Waals surface area (Å²) in [6, 6.07) is 29.6. The highest BCUT2D eigenvalue weighted by Gasteiger charge is 2.68. The number of fused-ring (bicyclic) bond motifs is 1. The van der Waals surface area contributed by atoms with Crippen molar-refractivity contribution in [3.8, 4) is 5.75 Å². The van der Waals surface area contributed by atoms with Crippen LogP contribution >= 0.6 is 10.3 Å². The Bertz CT molecular complexity index is 2050. The number of ether oxygens (including phenoxy) is 2. The minimum Gasteiger partial charge on any atom is -0.441 e. The Balaban J connectivity index is 1.53. The monoisotopic (exact) mass is 730 g/mol. The lowest BCUT2D eigenvalue weighted by Crippen LogP contribution is -2.52. The molecule has 0 saturated carbocycles. The summed E-state index contributed by atoms with van der Waals surface area (Å²) < 4.78 is 117. The van der Waals surface area contributed by atoms with Crippen molar-refractivity contribution in [2.24, 2.45) is 0 Å².